The van der Waals surface area contributed by atoms with Crippen LogP contribution in [0.25, 0.3) is 20.9 Å². The number of ether oxygens (including phenoxy) is 1. The van der Waals surface area contributed by atoms with Crippen molar-refractivity contribution < 1.29 is 32.6 Å². The lowest BCUT2D eigenvalue weighted by Crippen LogP contribution is -2.53. The average Bonchev–Trinajstić information content (AvgIpc) is 3.80. The zero-order valence-corrected chi connectivity index (χ0v) is 28.4. The first kappa shape index (κ1) is 33.7. The van der Waals surface area contributed by atoms with E-state index in [-0.39, 0.29) is 80.1 Å². The Morgan fingerprint density at radius 2 is 1.88 bits per heavy atom. The molecule has 2 bridgehead atoms. The largest absolute Gasteiger partial charge is 0.504 e. The summed E-state index contributed by atoms with van der Waals surface area (Å²) in [6, 6.07) is 3.43. The fraction of sp³-hybridized carbons (Fsp3) is 0.485. The van der Waals surface area contributed by atoms with Gasteiger partial charge < -0.3 is 29.5 Å². The minimum absolute atomic E-state index is 0.0983. The molecular weight excluding hydrogens is 677 g/mol. The van der Waals surface area contributed by atoms with Gasteiger partial charge in [-0.3, -0.25) is 14.4 Å². The highest BCUT2D eigenvalue weighted by atomic mass is 32.1. The van der Waals surface area contributed by atoms with E-state index in [1.54, 1.807) is 34.7 Å². The molecule has 3 saturated carbocycles. The fourth-order valence-electron chi connectivity index (χ4n) is 7.67. The summed E-state index contributed by atoms with van der Waals surface area (Å²) in [4.78, 5) is 61.9. The first-order valence-corrected chi connectivity index (χ1v) is 17.1. The number of halogens is 3. The summed E-state index contributed by atoms with van der Waals surface area (Å²) in [5.41, 5.74) is 0.708. The second-order valence-electron chi connectivity index (χ2n) is 13.1. The first-order valence-electron chi connectivity index (χ1n) is 16.3. The van der Waals surface area contributed by atoms with Crippen molar-refractivity contribution in [1.29, 1.82) is 0 Å². The highest BCUT2D eigenvalue weighted by Gasteiger charge is 2.64. The molecule has 17 heteroatoms. The minimum Gasteiger partial charge on any atom is -0.504 e. The number of anilines is 1. The van der Waals surface area contributed by atoms with E-state index < -0.39 is 35.4 Å². The molecule has 0 aromatic carbocycles. The van der Waals surface area contributed by atoms with Crippen LogP contribution in [0.2, 0.25) is 0 Å². The monoisotopic (exact) mass is 712 g/mol. The number of nitrogens with zero attached hydrogens (tertiary/aromatic N) is 7. The number of alkyl halides is 3. The Balaban J connectivity index is 1.23. The molecule has 1 unspecified atom stereocenters. The molecule has 4 aromatic heterocycles. The van der Waals surface area contributed by atoms with Crippen molar-refractivity contribution in [3.05, 3.63) is 52.0 Å². The molecule has 2 N–H and O–H groups in total. The van der Waals surface area contributed by atoms with E-state index in [9.17, 15) is 32.7 Å². The van der Waals surface area contributed by atoms with Gasteiger partial charge in [0.25, 0.3) is 5.91 Å². The SMILES string of the molecule is CCc1c(N2CCN(C(=O)c3ncnc(C)c3O)CC2)c(=O)c2nc(-c3ccnc(OC)c3)sc2n1CC(=O)NC12CC(C1)C(C(F)(F)F)C2. The van der Waals surface area contributed by atoms with Gasteiger partial charge in [-0.25, -0.2) is 19.9 Å². The topological polar surface area (TPSA) is 156 Å². The molecule has 3 aliphatic carbocycles. The molecule has 0 radical (unpaired) electrons. The first-order chi connectivity index (χ1) is 23.8. The molecular formula is C33H35F3N8O5S. The quantitative estimate of drug-likeness (QED) is 0.276. The molecule has 4 aromatic rings. The summed E-state index contributed by atoms with van der Waals surface area (Å²) in [7, 11) is 1.49. The number of nitrogens with one attached hydrogen (secondary N) is 1. The van der Waals surface area contributed by atoms with Gasteiger partial charge in [-0.1, -0.05) is 18.3 Å². The van der Waals surface area contributed by atoms with E-state index in [4.69, 9.17) is 9.72 Å². The molecule has 4 fully saturated rings. The van der Waals surface area contributed by atoms with E-state index in [2.05, 4.69) is 20.3 Å². The molecule has 0 spiro atoms. The van der Waals surface area contributed by atoms with Crippen molar-refractivity contribution in [2.75, 3.05) is 38.2 Å². The van der Waals surface area contributed by atoms with Crippen LogP contribution >= 0.6 is 11.3 Å². The maximum absolute atomic E-state index is 14.3. The zero-order chi connectivity index (χ0) is 35.5. The third kappa shape index (κ3) is 5.80. The summed E-state index contributed by atoms with van der Waals surface area (Å²) in [5.74, 6) is -2.73. The second kappa shape index (κ2) is 12.5. The van der Waals surface area contributed by atoms with Gasteiger partial charge in [0.1, 0.15) is 33.9 Å². The fourth-order valence-corrected chi connectivity index (χ4v) is 8.75. The molecule has 264 valence electrons. The van der Waals surface area contributed by atoms with E-state index in [0.717, 1.165) is 0 Å². The predicted molar refractivity (Wildman–Crippen MR) is 177 cm³/mol. The molecule has 4 aliphatic rings. The van der Waals surface area contributed by atoms with Crippen LogP contribution in [-0.2, 0) is 17.8 Å². The van der Waals surface area contributed by atoms with E-state index in [1.807, 2.05) is 11.8 Å². The Labute approximate surface area is 288 Å². The number of rotatable bonds is 8. The van der Waals surface area contributed by atoms with Gasteiger partial charge in [0.15, 0.2) is 11.4 Å². The highest BCUT2D eigenvalue weighted by Crippen LogP contribution is 2.60. The van der Waals surface area contributed by atoms with Crippen molar-refractivity contribution >= 4 is 39.2 Å². The Morgan fingerprint density at radius 1 is 1.14 bits per heavy atom. The van der Waals surface area contributed by atoms with Crippen LogP contribution in [0.4, 0.5) is 18.9 Å². The number of amides is 2. The van der Waals surface area contributed by atoms with Crippen LogP contribution in [0.15, 0.2) is 29.5 Å². The number of aryl methyl sites for hydroxylation is 1. The van der Waals surface area contributed by atoms with Crippen molar-refractivity contribution in [3.8, 4) is 22.2 Å². The van der Waals surface area contributed by atoms with Gasteiger partial charge in [0.2, 0.25) is 17.2 Å². The van der Waals surface area contributed by atoms with Gasteiger partial charge in [-0.15, -0.1) is 0 Å². The molecule has 2 amide bonds. The number of aromatic hydroxyl groups is 1. The smallest absolute Gasteiger partial charge is 0.392 e. The van der Waals surface area contributed by atoms with Crippen molar-refractivity contribution in [3.63, 3.8) is 0 Å². The number of methoxy groups -OCH3 is 1. The van der Waals surface area contributed by atoms with Crippen molar-refractivity contribution in [2.24, 2.45) is 11.8 Å². The third-order valence-electron chi connectivity index (χ3n) is 10.1. The standard InChI is InChI=1S/C33H35F3N8O5S/c1-4-21-26(42-7-9-43(10-8-42)30(48)24-27(46)17(2)38-16-39-24)28(47)25-31(50-29(40-25)18-5-6-37-23(11-18)49-3)44(21)15-22(45)41-32-12-19(13-32)20(14-32)33(34,35)36/h5-6,11,16,19-20,46H,4,7-10,12-15H2,1-3H3,(H,41,45). The number of pyridine rings is 2. The second-order valence-corrected chi connectivity index (χ2v) is 14.1. The van der Waals surface area contributed by atoms with E-state index in [1.165, 1.54) is 24.8 Å². The number of hydrogen-bond acceptors (Lipinski definition) is 11. The van der Waals surface area contributed by atoms with Gasteiger partial charge >= 0.3 is 6.18 Å². The van der Waals surface area contributed by atoms with Gasteiger partial charge in [0.05, 0.1) is 18.7 Å². The Kier molecular flexibility index (Phi) is 8.43. The van der Waals surface area contributed by atoms with Crippen LogP contribution in [0, 0.1) is 18.8 Å². The lowest BCUT2D eigenvalue weighted by molar-refractivity contribution is -0.180. The maximum Gasteiger partial charge on any atom is 0.392 e. The third-order valence-corrected chi connectivity index (χ3v) is 11.2. The van der Waals surface area contributed by atoms with Crippen LogP contribution in [-0.4, -0.2) is 91.3 Å². The number of piperazine rings is 1. The Morgan fingerprint density at radius 3 is 2.54 bits per heavy atom. The van der Waals surface area contributed by atoms with Crippen molar-refractivity contribution in [1.82, 2.24) is 34.7 Å². The minimum atomic E-state index is -4.31. The Hall–Kier alpha value is -4.80. The van der Waals surface area contributed by atoms with Crippen LogP contribution in [0.3, 0.4) is 0 Å². The van der Waals surface area contributed by atoms with E-state index >= 15 is 0 Å². The molecule has 1 aliphatic heterocycles. The Bertz CT molecular complexity index is 2050. The van der Waals surface area contributed by atoms with Gasteiger partial charge in [-0.05, 0) is 44.6 Å². The molecule has 8 rings (SSSR count). The molecule has 50 heavy (non-hydrogen) atoms. The number of aromatic nitrogens is 5. The van der Waals surface area contributed by atoms with Crippen LogP contribution in [0.1, 0.15) is 48.1 Å². The lowest BCUT2D eigenvalue weighted by atomic mass is 9.76. The number of fused-ring (bicyclic) bond motifs is 2. The van der Waals surface area contributed by atoms with Crippen LogP contribution in [0.5, 0.6) is 11.6 Å². The number of hydrogen-bond donors (Lipinski definition) is 2. The number of thiazole rings is 1. The van der Waals surface area contributed by atoms with Crippen molar-refractivity contribution in [2.45, 2.75) is 57.8 Å². The summed E-state index contributed by atoms with van der Waals surface area (Å²) in [6.07, 6.45) is -0.721. The predicted octanol–water partition coefficient (Wildman–Crippen LogP) is 3.70. The zero-order valence-electron chi connectivity index (χ0n) is 27.6. The van der Waals surface area contributed by atoms with Gasteiger partial charge in [-0.2, -0.15) is 13.2 Å². The maximum atomic E-state index is 14.3. The van der Waals surface area contributed by atoms with Gasteiger partial charge in [0, 0.05) is 55.2 Å². The highest BCUT2D eigenvalue weighted by molar-refractivity contribution is 7.21. The normalized spacial score (nSPS) is 21.7. The molecule has 1 atom stereocenters. The molecule has 13 nitrogen and oxygen atoms in total. The van der Waals surface area contributed by atoms with Crippen LogP contribution < -0.4 is 20.4 Å². The summed E-state index contributed by atoms with van der Waals surface area (Å²) in [5, 5.41) is 13.8. The summed E-state index contributed by atoms with van der Waals surface area (Å²) in [6.45, 7) is 4.23. The molecule has 5 heterocycles. The lowest BCUT2D eigenvalue weighted by Gasteiger charge is -2.39. The van der Waals surface area contributed by atoms with E-state index in [0.29, 0.717) is 39.1 Å². The number of carbonyl (C=O) groups is 2. The average molecular weight is 713 g/mol. The number of carbonyl (C=O) groups excluding carboxylic acids is 2. The summed E-state index contributed by atoms with van der Waals surface area (Å²) < 4.78 is 47.8. The summed E-state index contributed by atoms with van der Waals surface area (Å²) >= 11 is 1.23. The molecule has 1 saturated heterocycles.